The molecule has 102 valence electrons. The van der Waals surface area contributed by atoms with Crippen LogP contribution in [0.15, 0.2) is 24.4 Å². The van der Waals surface area contributed by atoms with Crippen molar-refractivity contribution in [2.75, 3.05) is 5.32 Å². The predicted molar refractivity (Wildman–Crippen MR) is 76.6 cm³/mol. The van der Waals surface area contributed by atoms with Crippen molar-refractivity contribution in [3.05, 3.63) is 50.0 Å². The molecule has 1 aromatic heterocycles. The van der Waals surface area contributed by atoms with E-state index in [4.69, 9.17) is 5.26 Å². The number of thiazole rings is 1. The summed E-state index contributed by atoms with van der Waals surface area (Å²) in [6.45, 7) is 2.59. The van der Waals surface area contributed by atoms with Crippen molar-refractivity contribution < 1.29 is 4.92 Å². The molecule has 0 unspecified atom stereocenters. The van der Waals surface area contributed by atoms with E-state index in [0.717, 1.165) is 16.3 Å². The summed E-state index contributed by atoms with van der Waals surface area (Å²) in [6.07, 6.45) is 2.69. The van der Waals surface area contributed by atoms with Crippen LogP contribution in [-0.4, -0.2) is 9.91 Å². The first kappa shape index (κ1) is 14.0. The highest BCUT2D eigenvalue weighted by atomic mass is 32.1. The molecule has 0 aliphatic heterocycles. The standard InChI is InChI=1S/C13H12N4O2S/c1-2-13-16-8-11(20-13)7-15-12-4-3-10(17(18)19)5-9(12)6-14/h3-5,8,15H,2,7H2,1H3. The Hall–Kier alpha value is -2.46. The normalized spacial score (nSPS) is 10.0. The van der Waals surface area contributed by atoms with Gasteiger partial charge in [-0.05, 0) is 12.5 Å². The summed E-state index contributed by atoms with van der Waals surface area (Å²) in [4.78, 5) is 15.5. The second-order valence-corrected chi connectivity index (χ2v) is 5.23. The molecule has 0 amide bonds. The van der Waals surface area contributed by atoms with Gasteiger partial charge in [-0.15, -0.1) is 11.3 Å². The number of aryl methyl sites for hydroxylation is 1. The third-order valence-electron chi connectivity index (χ3n) is 2.69. The van der Waals surface area contributed by atoms with Gasteiger partial charge in [0.25, 0.3) is 5.69 Å². The van der Waals surface area contributed by atoms with Gasteiger partial charge in [0.2, 0.25) is 0 Å². The third kappa shape index (κ3) is 3.10. The zero-order chi connectivity index (χ0) is 14.5. The molecule has 0 spiro atoms. The molecule has 0 saturated carbocycles. The minimum absolute atomic E-state index is 0.0850. The quantitative estimate of drug-likeness (QED) is 0.674. The highest BCUT2D eigenvalue weighted by Crippen LogP contribution is 2.23. The van der Waals surface area contributed by atoms with Crippen LogP contribution < -0.4 is 5.32 Å². The monoisotopic (exact) mass is 288 g/mol. The number of nitro groups is 1. The number of anilines is 1. The van der Waals surface area contributed by atoms with Crippen molar-refractivity contribution >= 4 is 22.7 Å². The minimum Gasteiger partial charge on any atom is -0.379 e. The molecule has 0 aliphatic rings. The third-order valence-corrected chi connectivity index (χ3v) is 3.83. The molecule has 0 fully saturated rings. The maximum atomic E-state index is 10.7. The number of non-ortho nitro benzene ring substituents is 1. The summed E-state index contributed by atoms with van der Waals surface area (Å²) in [6, 6.07) is 6.17. The van der Waals surface area contributed by atoms with E-state index in [1.54, 1.807) is 23.6 Å². The van der Waals surface area contributed by atoms with Crippen molar-refractivity contribution in [1.82, 2.24) is 4.98 Å². The van der Waals surface area contributed by atoms with Crippen LogP contribution >= 0.6 is 11.3 Å². The van der Waals surface area contributed by atoms with Crippen molar-refractivity contribution in [3.63, 3.8) is 0 Å². The van der Waals surface area contributed by atoms with Crippen LogP contribution in [0.1, 0.15) is 22.4 Å². The zero-order valence-electron chi connectivity index (χ0n) is 10.8. The Balaban J connectivity index is 2.13. The molecule has 1 aromatic carbocycles. The van der Waals surface area contributed by atoms with Crippen molar-refractivity contribution in [1.29, 1.82) is 5.26 Å². The Kier molecular flexibility index (Phi) is 4.27. The molecule has 0 saturated heterocycles. The minimum atomic E-state index is -0.513. The number of nitrogens with one attached hydrogen (secondary N) is 1. The zero-order valence-corrected chi connectivity index (χ0v) is 11.6. The smallest absolute Gasteiger partial charge is 0.270 e. The SMILES string of the molecule is CCc1ncc(CNc2ccc([N+](=O)[O-])cc2C#N)s1. The summed E-state index contributed by atoms with van der Waals surface area (Å²) >= 11 is 1.61. The lowest BCUT2D eigenvalue weighted by molar-refractivity contribution is -0.384. The van der Waals surface area contributed by atoms with Crippen LogP contribution in [0, 0.1) is 21.4 Å². The molecule has 6 nitrogen and oxygen atoms in total. The second kappa shape index (κ2) is 6.12. The summed E-state index contributed by atoms with van der Waals surface area (Å²) in [7, 11) is 0. The Bertz CT molecular complexity index is 675. The fraction of sp³-hybridized carbons (Fsp3) is 0.231. The van der Waals surface area contributed by atoms with Gasteiger partial charge in [-0.2, -0.15) is 5.26 Å². The van der Waals surface area contributed by atoms with E-state index in [9.17, 15) is 10.1 Å². The molecule has 1 N–H and O–H groups in total. The van der Waals surface area contributed by atoms with E-state index in [-0.39, 0.29) is 11.3 Å². The summed E-state index contributed by atoms with van der Waals surface area (Å²) in [5.74, 6) is 0. The van der Waals surface area contributed by atoms with Crippen molar-refractivity contribution in [3.8, 4) is 6.07 Å². The highest BCUT2D eigenvalue weighted by molar-refractivity contribution is 7.11. The van der Waals surface area contributed by atoms with Gasteiger partial charge < -0.3 is 5.32 Å². The molecular weight excluding hydrogens is 276 g/mol. The topological polar surface area (TPSA) is 91.8 Å². The van der Waals surface area contributed by atoms with E-state index in [1.807, 2.05) is 13.0 Å². The van der Waals surface area contributed by atoms with Crippen molar-refractivity contribution in [2.24, 2.45) is 0 Å². The van der Waals surface area contributed by atoms with Gasteiger partial charge in [-0.25, -0.2) is 4.98 Å². The van der Waals surface area contributed by atoms with Gasteiger partial charge in [0.1, 0.15) is 6.07 Å². The van der Waals surface area contributed by atoms with Gasteiger partial charge in [0.05, 0.1) is 27.7 Å². The maximum Gasteiger partial charge on any atom is 0.270 e. The summed E-state index contributed by atoms with van der Waals surface area (Å²) < 4.78 is 0. The van der Waals surface area contributed by atoms with Gasteiger partial charge in [0, 0.05) is 23.2 Å². The molecule has 0 atom stereocenters. The maximum absolute atomic E-state index is 10.7. The number of hydrogen-bond acceptors (Lipinski definition) is 6. The van der Waals surface area contributed by atoms with Gasteiger partial charge in [-0.1, -0.05) is 6.92 Å². The number of nitriles is 1. The highest BCUT2D eigenvalue weighted by Gasteiger charge is 2.10. The van der Waals surface area contributed by atoms with Crippen LogP contribution in [0.25, 0.3) is 0 Å². The Morgan fingerprint density at radius 3 is 2.95 bits per heavy atom. The predicted octanol–water partition coefficient (Wildman–Crippen LogP) is 3.10. The van der Waals surface area contributed by atoms with Gasteiger partial charge >= 0.3 is 0 Å². The molecule has 2 rings (SSSR count). The van der Waals surface area contributed by atoms with E-state index in [0.29, 0.717) is 12.2 Å². The van der Waals surface area contributed by atoms with Crippen LogP contribution in [0.4, 0.5) is 11.4 Å². The van der Waals surface area contributed by atoms with Gasteiger partial charge in [0.15, 0.2) is 0 Å². The summed E-state index contributed by atoms with van der Waals surface area (Å²) in [5, 5.41) is 23.9. The molecule has 0 radical (unpaired) electrons. The van der Waals surface area contributed by atoms with E-state index >= 15 is 0 Å². The molecule has 0 aliphatic carbocycles. The molecule has 0 bridgehead atoms. The number of nitrogens with zero attached hydrogens (tertiary/aromatic N) is 3. The largest absolute Gasteiger partial charge is 0.379 e. The van der Waals surface area contributed by atoms with Crippen LogP contribution in [0.2, 0.25) is 0 Å². The fourth-order valence-electron chi connectivity index (χ4n) is 1.67. The fourth-order valence-corrected chi connectivity index (χ4v) is 2.47. The molecule has 20 heavy (non-hydrogen) atoms. The number of nitro benzene ring substituents is 1. The first-order valence-corrected chi connectivity index (χ1v) is 6.81. The van der Waals surface area contributed by atoms with Gasteiger partial charge in [-0.3, -0.25) is 10.1 Å². The van der Waals surface area contributed by atoms with Crippen LogP contribution in [-0.2, 0) is 13.0 Å². The number of aromatic nitrogens is 1. The molecule has 2 aromatic rings. The number of rotatable bonds is 5. The molecule has 7 heteroatoms. The Morgan fingerprint density at radius 1 is 1.55 bits per heavy atom. The molecular formula is C13H12N4O2S. The first-order valence-electron chi connectivity index (χ1n) is 6.00. The van der Waals surface area contributed by atoms with Crippen LogP contribution in [0.5, 0.6) is 0 Å². The Morgan fingerprint density at radius 2 is 2.35 bits per heavy atom. The van der Waals surface area contributed by atoms with Crippen LogP contribution in [0.3, 0.4) is 0 Å². The first-order chi connectivity index (χ1) is 9.63. The van der Waals surface area contributed by atoms with E-state index in [1.165, 1.54) is 12.1 Å². The van der Waals surface area contributed by atoms with E-state index < -0.39 is 4.92 Å². The van der Waals surface area contributed by atoms with E-state index in [2.05, 4.69) is 10.3 Å². The summed E-state index contributed by atoms with van der Waals surface area (Å²) in [5.41, 5.74) is 0.766. The molecule has 1 heterocycles. The lowest BCUT2D eigenvalue weighted by Crippen LogP contribution is -2.00. The average Bonchev–Trinajstić information content (AvgIpc) is 2.92. The number of hydrogen-bond donors (Lipinski definition) is 1. The Labute approximate surface area is 119 Å². The lowest BCUT2D eigenvalue weighted by atomic mass is 10.1. The average molecular weight is 288 g/mol. The second-order valence-electron chi connectivity index (χ2n) is 4.03. The van der Waals surface area contributed by atoms with Crippen molar-refractivity contribution in [2.45, 2.75) is 19.9 Å². The lowest BCUT2D eigenvalue weighted by Gasteiger charge is -2.06. The number of benzene rings is 1.